The van der Waals surface area contributed by atoms with Crippen LogP contribution in [-0.4, -0.2) is 29.0 Å². The van der Waals surface area contributed by atoms with Crippen molar-refractivity contribution in [1.29, 1.82) is 0 Å². The molecule has 1 aromatic carbocycles. The zero-order chi connectivity index (χ0) is 15.4. The van der Waals surface area contributed by atoms with E-state index in [0.29, 0.717) is 11.5 Å². The lowest BCUT2D eigenvalue weighted by Crippen LogP contribution is -2.31. The van der Waals surface area contributed by atoms with Crippen molar-refractivity contribution in [3.8, 4) is 0 Å². The minimum absolute atomic E-state index is 0.201. The zero-order valence-electron chi connectivity index (χ0n) is 12.1. The Morgan fingerprint density at radius 3 is 2.32 bits per heavy atom. The maximum absolute atomic E-state index is 12.2. The number of aromatic nitrogens is 2. The SMILES string of the molecule is O=C(Nc1ccc(Br)cc1)c1cnc(N2CCCCC2)nc1. The van der Waals surface area contributed by atoms with Gasteiger partial charge in [0.1, 0.15) is 0 Å². The minimum atomic E-state index is -0.201. The molecule has 5 nitrogen and oxygen atoms in total. The van der Waals surface area contributed by atoms with Gasteiger partial charge in [-0.3, -0.25) is 4.79 Å². The quantitative estimate of drug-likeness (QED) is 0.910. The van der Waals surface area contributed by atoms with Gasteiger partial charge in [0, 0.05) is 35.6 Å². The average molecular weight is 361 g/mol. The summed E-state index contributed by atoms with van der Waals surface area (Å²) in [4.78, 5) is 23.0. The first-order valence-electron chi connectivity index (χ1n) is 7.36. The van der Waals surface area contributed by atoms with Gasteiger partial charge in [0.15, 0.2) is 0 Å². The number of hydrogen-bond acceptors (Lipinski definition) is 4. The van der Waals surface area contributed by atoms with Crippen molar-refractivity contribution in [2.24, 2.45) is 0 Å². The number of nitrogens with zero attached hydrogens (tertiary/aromatic N) is 3. The van der Waals surface area contributed by atoms with E-state index in [-0.39, 0.29) is 5.91 Å². The van der Waals surface area contributed by atoms with Gasteiger partial charge in [-0.15, -0.1) is 0 Å². The summed E-state index contributed by atoms with van der Waals surface area (Å²) in [5.41, 5.74) is 1.21. The third-order valence-electron chi connectivity index (χ3n) is 3.64. The number of nitrogens with one attached hydrogen (secondary N) is 1. The molecule has 1 amide bonds. The number of rotatable bonds is 3. The third-order valence-corrected chi connectivity index (χ3v) is 4.17. The number of halogens is 1. The van der Waals surface area contributed by atoms with Gasteiger partial charge in [-0.05, 0) is 43.5 Å². The number of anilines is 2. The van der Waals surface area contributed by atoms with Crippen LogP contribution in [0.5, 0.6) is 0 Å². The van der Waals surface area contributed by atoms with Gasteiger partial charge in [0.05, 0.1) is 5.56 Å². The minimum Gasteiger partial charge on any atom is -0.341 e. The predicted octanol–water partition coefficient (Wildman–Crippen LogP) is 3.48. The fourth-order valence-electron chi connectivity index (χ4n) is 2.43. The zero-order valence-corrected chi connectivity index (χ0v) is 13.7. The molecule has 1 N–H and O–H groups in total. The number of amides is 1. The second-order valence-corrected chi connectivity index (χ2v) is 6.20. The molecular weight excluding hydrogens is 344 g/mol. The summed E-state index contributed by atoms with van der Waals surface area (Å²) < 4.78 is 0.972. The van der Waals surface area contributed by atoms with E-state index >= 15 is 0 Å². The van der Waals surface area contributed by atoms with Gasteiger partial charge in [-0.2, -0.15) is 0 Å². The molecule has 22 heavy (non-hydrogen) atoms. The average Bonchev–Trinajstić information content (AvgIpc) is 2.58. The van der Waals surface area contributed by atoms with E-state index in [4.69, 9.17) is 0 Å². The first kappa shape index (κ1) is 15.0. The van der Waals surface area contributed by atoms with Crippen LogP contribution in [0.3, 0.4) is 0 Å². The van der Waals surface area contributed by atoms with E-state index in [2.05, 4.69) is 36.1 Å². The highest BCUT2D eigenvalue weighted by molar-refractivity contribution is 9.10. The Kier molecular flexibility index (Phi) is 4.68. The lowest BCUT2D eigenvalue weighted by atomic mass is 10.1. The fraction of sp³-hybridized carbons (Fsp3) is 0.312. The first-order valence-corrected chi connectivity index (χ1v) is 8.15. The Hall–Kier alpha value is -1.95. The molecule has 0 unspecified atom stereocenters. The summed E-state index contributed by atoms with van der Waals surface area (Å²) in [6, 6.07) is 7.44. The van der Waals surface area contributed by atoms with Gasteiger partial charge in [0.25, 0.3) is 5.91 Å². The topological polar surface area (TPSA) is 58.1 Å². The number of carbonyl (C=O) groups is 1. The summed E-state index contributed by atoms with van der Waals surface area (Å²) in [7, 11) is 0. The second-order valence-electron chi connectivity index (χ2n) is 5.28. The van der Waals surface area contributed by atoms with Gasteiger partial charge in [0.2, 0.25) is 5.95 Å². The van der Waals surface area contributed by atoms with E-state index in [1.807, 2.05) is 24.3 Å². The molecular formula is C16H17BrN4O. The van der Waals surface area contributed by atoms with Crippen molar-refractivity contribution in [2.45, 2.75) is 19.3 Å². The molecule has 1 fully saturated rings. The molecule has 1 saturated heterocycles. The lowest BCUT2D eigenvalue weighted by molar-refractivity contribution is 0.102. The smallest absolute Gasteiger partial charge is 0.258 e. The molecule has 3 rings (SSSR count). The van der Waals surface area contributed by atoms with E-state index < -0.39 is 0 Å². The van der Waals surface area contributed by atoms with Gasteiger partial charge >= 0.3 is 0 Å². The molecule has 1 aliphatic rings. The van der Waals surface area contributed by atoms with Crippen LogP contribution in [-0.2, 0) is 0 Å². The highest BCUT2D eigenvalue weighted by Gasteiger charge is 2.14. The van der Waals surface area contributed by atoms with Crippen molar-refractivity contribution in [1.82, 2.24) is 9.97 Å². The fourth-order valence-corrected chi connectivity index (χ4v) is 2.70. The summed E-state index contributed by atoms with van der Waals surface area (Å²) in [6.45, 7) is 1.98. The Bertz CT molecular complexity index is 636. The monoisotopic (exact) mass is 360 g/mol. The lowest BCUT2D eigenvalue weighted by Gasteiger charge is -2.26. The predicted molar refractivity (Wildman–Crippen MR) is 90.2 cm³/mol. The molecule has 0 saturated carbocycles. The van der Waals surface area contributed by atoms with Crippen LogP contribution >= 0.6 is 15.9 Å². The van der Waals surface area contributed by atoms with E-state index in [1.54, 1.807) is 12.4 Å². The van der Waals surface area contributed by atoms with E-state index in [9.17, 15) is 4.79 Å². The summed E-state index contributed by atoms with van der Waals surface area (Å²) in [5.74, 6) is 0.507. The summed E-state index contributed by atoms with van der Waals surface area (Å²) in [5, 5.41) is 2.83. The number of carbonyl (C=O) groups excluding carboxylic acids is 1. The molecule has 1 aromatic heterocycles. The maximum Gasteiger partial charge on any atom is 0.258 e. The molecule has 0 atom stereocenters. The number of benzene rings is 1. The standard InChI is InChI=1S/C16H17BrN4O/c17-13-4-6-14(7-5-13)20-15(22)12-10-18-16(19-11-12)21-8-2-1-3-9-21/h4-7,10-11H,1-3,8-9H2,(H,20,22). The largest absolute Gasteiger partial charge is 0.341 e. The van der Waals surface area contributed by atoms with E-state index in [0.717, 1.165) is 23.2 Å². The van der Waals surface area contributed by atoms with E-state index in [1.165, 1.54) is 19.3 Å². The molecule has 114 valence electrons. The van der Waals surface area contributed by atoms with Crippen LogP contribution in [0.25, 0.3) is 0 Å². The van der Waals surface area contributed by atoms with Crippen LogP contribution in [0, 0.1) is 0 Å². The molecule has 2 heterocycles. The van der Waals surface area contributed by atoms with Crippen molar-refractivity contribution >= 4 is 33.5 Å². The molecule has 6 heteroatoms. The van der Waals surface area contributed by atoms with Crippen molar-refractivity contribution < 1.29 is 4.79 Å². The maximum atomic E-state index is 12.2. The van der Waals surface area contributed by atoms with Crippen molar-refractivity contribution in [3.05, 3.63) is 46.7 Å². The summed E-state index contributed by atoms with van der Waals surface area (Å²) in [6.07, 6.45) is 6.80. The van der Waals surface area contributed by atoms with Crippen LogP contribution < -0.4 is 10.2 Å². The Morgan fingerprint density at radius 2 is 1.68 bits per heavy atom. The molecule has 0 radical (unpaired) electrons. The molecule has 0 spiro atoms. The van der Waals surface area contributed by atoms with Crippen molar-refractivity contribution in [2.75, 3.05) is 23.3 Å². The second kappa shape index (κ2) is 6.87. The summed E-state index contributed by atoms with van der Waals surface area (Å²) >= 11 is 3.36. The van der Waals surface area contributed by atoms with Crippen LogP contribution in [0.2, 0.25) is 0 Å². The normalized spacial score (nSPS) is 14.7. The first-order chi connectivity index (χ1) is 10.7. The Labute approximate surface area is 137 Å². The Morgan fingerprint density at radius 1 is 1.05 bits per heavy atom. The van der Waals surface area contributed by atoms with Crippen LogP contribution in [0.4, 0.5) is 11.6 Å². The van der Waals surface area contributed by atoms with Gasteiger partial charge < -0.3 is 10.2 Å². The van der Waals surface area contributed by atoms with Crippen molar-refractivity contribution in [3.63, 3.8) is 0 Å². The van der Waals surface area contributed by atoms with Gasteiger partial charge in [-0.25, -0.2) is 9.97 Å². The number of hydrogen-bond donors (Lipinski definition) is 1. The van der Waals surface area contributed by atoms with Crippen LogP contribution in [0.1, 0.15) is 29.6 Å². The third kappa shape index (κ3) is 3.62. The number of piperidine rings is 1. The van der Waals surface area contributed by atoms with Crippen LogP contribution in [0.15, 0.2) is 41.1 Å². The van der Waals surface area contributed by atoms with Gasteiger partial charge in [-0.1, -0.05) is 15.9 Å². The highest BCUT2D eigenvalue weighted by Crippen LogP contribution is 2.17. The molecule has 0 bridgehead atoms. The highest BCUT2D eigenvalue weighted by atomic mass is 79.9. The molecule has 1 aliphatic heterocycles. The molecule has 0 aliphatic carbocycles. The Balaban J connectivity index is 1.66. The molecule has 2 aromatic rings.